The van der Waals surface area contributed by atoms with Crippen molar-refractivity contribution in [3.05, 3.63) is 40.7 Å². The van der Waals surface area contributed by atoms with Gasteiger partial charge >= 0.3 is 5.97 Å². The number of pyridine rings is 1. The number of rotatable bonds is 4. The highest BCUT2D eigenvalue weighted by molar-refractivity contribution is 6.09. The second-order valence-corrected chi connectivity index (χ2v) is 4.96. The molecule has 0 amide bonds. The number of aromatic nitrogens is 1. The maximum Gasteiger partial charge on any atom is 0.337 e. The van der Waals surface area contributed by atoms with Crippen LogP contribution in [0.3, 0.4) is 0 Å². The highest BCUT2D eigenvalue weighted by Gasteiger charge is 2.21. The van der Waals surface area contributed by atoms with Crippen LogP contribution < -0.4 is 0 Å². The van der Waals surface area contributed by atoms with Crippen LogP contribution >= 0.6 is 0 Å². The summed E-state index contributed by atoms with van der Waals surface area (Å²) in [5.41, 5.74) is 3.46. The lowest BCUT2D eigenvalue weighted by Gasteiger charge is -2.20. The van der Waals surface area contributed by atoms with Crippen LogP contribution in [-0.4, -0.2) is 28.8 Å². The Morgan fingerprint density at radius 2 is 2.21 bits per heavy atom. The van der Waals surface area contributed by atoms with Gasteiger partial charge in [-0.05, 0) is 38.3 Å². The van der Waals surface area contributed by atoms with Crippen molar-refractivity contribution >= 4 is 12.2 Å². The minimum absolute atomic E-state index is 0.208. The number of carbonyl (C=O) groups is 1. The molecule has 0 saturated carbocycles. The quantitative estimate of drug-likeness (QED) is 0.902. The fraction of sp³-hybridized carbons (Fsp3) is 0.400. The molecule has 0 bridgehead atoms. The zero-order chi connectivity index (χ0) is 13.8. The summed E-state index contributed by atoms with van der Waals surface area (Å²) in [7, 11) is 0. The van der Waals surface area contributed by atoms with E-state index in [0.717, 1.165) is 29.7 Å². The van der Waals surface area contributed by atoms with Crippen molar-refractivity contribution in [2.75, 3.05) is 6.54 Å². The Kier molecular flexibility index (Phi) is 4.10. The molecule has 2 rings (SSSR count). The number of dihydropyridines is 1. The van der Waals surface area contributed by atoms with Gasteiger partial charge in [-0.3, -0.25) is 9.98 Å². The van der Waals surface area contributed by atoms with Crippen molar-refractivity contribution in [3.63, 3.8) is 0 Å². The summed E-state index contributed by atoms with van der Waals surface area (Å²) in [6, 6.07) is 4.07. The van der Waals surface area contributed by atoms with E-state index < -0.39 is 5.97 Å². The van der Waals surface area contributed by atoms with Crippen LogP contribution in [0.1, 0.15) is 24.6 Å². The number of aliphatic carboxylic acids is 1. The van der Waals surface area contributed by atoms with Crippen molar-refractivity contribution in [1.82, 2.24) is 4.98 Å². The van der Waals surface area contributed by atoms with Crippen LogP contribution in [0.2, 0.25) is 0 Å². The summed E-state index contributed by atoms with van der Waals surface area (Å²) in [5, 5.41) is 9.08. The molecule has 4 heteroatoms. The smallest absolute Gasteiger partial charge is 0.337 e. The van der Waals surface area contributed by atoms with E-state index in [9.17, 15) is 4.79 Å². The predicted octanol–water partition coefficient (Wildman–Crippen LogP) is 2.42. The minimum Gasteiger partial charge on any atom is -0.478 e. The molecule has 1 unspecified atom stereocenters. The molecule has 0 aliphatic carbocycles. The molecule has 0 radical (unpaired) electrons. The summed E-state index contributed by atoms with van der Waals surface area (Å²) >= 11 is 0. The molecule has 0 saturated heterocycles. The van der Waals surface area contributed by atoms with Crippen molar-refractivity contribution in [1.29, 1.82) is 0 Å². The summed E-state index contributed by atoms with van der Waals surface area (Å²) in [6.07, 6.45) is 5.07. The zero-order valence-electron chi connectivity index (χ0n) is 11.3. The first-order chi connectivity index (χ1) is 9.08. The largest absolute Gasteiger partial charge is 0.478 e. The summed E-state index contributed by atoms with van der Waals surface area (Å²) < 4.78 is 0. The maximum absolute atomic E-state index is 11.1. The van der Waals surface area contributed by atoms with Gasteiger partial charge in [0, 0.05) is 30.6 Å². The third-order valence-corrected chi connectivity index (χ3v) is 3.54. The summed E-state index contributed by atoms with van der Waals surface area (Å²) in [6.45, 7) is 4.58. The van der Waals surface area contributed by atoms with Crippen molar-refractivity contribution in [3.8, 4) is 0 Å². The molecule has 100 valence electrons. The van der Waals surface area contributed by atoms with Crippen LogP contribution in [0.4, 0.5) is 0 Å². The molecule has 19 heavy (non-hydrogen) atoms. The SMILES string of the molecule is CC1=C(C(=O)O)C=NCC1CCc1ccc(C)cn1. The molecule has 1 aliphatic heterocycles. The number of nitrogens with zero attached hydrogens (tertiary/aromatic N) is 2. The van der Waals surface area contributed by atoms with Crippen molar-refractivity contribution < 1.29 is 9.90 Å². The number of carboxylic acid groups (broad SMARTS) is 1. The van der Waals surface area contributed by atoms with Gasteiger partial charge in [-0.15, -0.1) is 0 Å². The summed E-state index contributed by atoms with van der Waals surface area (Å²) in [5.74, 6) is -0.682. The number of hydrogen-bond acceptors (Lipinski definition) is 3. The van der Waals surface area contributed by atoms with Gasteiger partial charge in [0.2, 0.25) is 0 Å². The lowest BCUT2D eigenvalue weighted by molar-refractivity contribution is -0.132. The number of carboxylic acids is 1. The minimum atomic E-state index is -0.889. The first kappa shape index (κ1) is 13.5. The van der Waals surface area contributed by atoms with Crippen LogP contribution in [0.25, 0.3) is 0 Å². The fourth-order valence-electron chi connectivity index (χ4n) is 2.23. The topological polar surface area (TPSA) is 62.5 Å². The molecule has 0 spiro atoms. The van der Waals surface area contributed by atoms with Gasteiger partial charge in [-0.2, -0.15) is 0 Å². The van der Waals surface area contributed by atoms with Crippen LogP contribution in [0.15, 0.2) is 34.5 Å². The normalized spacial score (nSPS) is 18.7. The van der Waals surface area contributed by atoms with E-state index in [1.165, 1.54) is 6.21 Å². The second kappa shape index (κ2) is 5.78. The Balaban J connectivity index is 2.02. The number of aryl methyl sites for hydroxylation is 2. The van der Waals surface area contributed by atoms with E-state index in [-0.39, 0.29) is 5.92 Å². The first-order valence-electron chi connectivity index (χ1n) is 6.43. The molecule has 1 atom stereocenters. The Bertz CT molecular complexity index is 530. The fourth-order valence-corrected chi connectivity index (χ4v) is 2.23. The molecular weight excluding hydrogens is 240 g/mol. The molecular formula is C15H18N2O2. The van der Waals surface area contributed by atoms with Crippen molar-refractivity contribution in [2.45, 2.75) is 26.7 Å². The molecule has 2 heterocycles. The van der Waals surface area contributed by atoms with Crippen molar-refractivity contribution in [2.24, 2.45) is 10.9 Å². The monoisotopic (exact) mass is 258 g/mol. The summed E-state index contributed by atoms with van der Waals surface area (Å²) in [4.78, 5) is 19.6. The van der Waals surface area contributed by atoms with Gasteiger partial charge in [0.05, 0.1) is 5.57 Å². The zero-order valence-corrected chi connectivity index (χ0v) is 11.3. The molecule has 0 aromatic carbocycles. The van der Waals surface area contributed by atoms with Gasteiger partial charge in [0.25, 0.3) is 0 Å². The van der Waals surface area contributed by atoms with Gasteiger partial charge in [-0.25, -0.2) is 4.79 Å². The number of aliphatic imine (C=N–C) groups is 1. The predicted molar refractivity (Wildman–Crippen MR) is 74.5 cm³/mol. The Labute approximate surface area is 112 Å². The van der Waals surface area contributed by atoms with E-state index in [0.29, 0.717) is 12.1 Å². The average molecular weight is 258 g/mol. The number of hydrogen-bond donors (Lipinski definition) is 1. The van der Waals surface area contributed by atoms with E-state index in [1.54, 1.807) is 0 Å². The van der Waals surface area contributed by atoms with Crippen LogP contribution in [0.5, 0.6) is 0 Å². The average Bonchev–Trinajstić information content (AvgIpc) is 2.39. The third-order valence-electron chi connectivity index (χ3n) is 3.54. The van der Waals surface area contributed by atoms with Gasteiger partial charge in [0.15, 0.2) is 0 Å². The second-order valence-electron chi connectivity index (χ2n) is 4.96. The Hall–Kier alpha value is -1.97. The first-order valence-corrected chi connectivity index (χ1v) is 6.43. The third kappa shape index (κ3) is 3.28. The molecule has 1 aromatic rings. The molecule has 0 fully saturated rings. The van der Waals surface area contributed by atoms with E-state index in [2.05, 4.69) is 9.98 Å². The highest BCUT2D eigenvalue weighted by atomic mass is 16.4. The van der Waals surface area contributed by atoms with Crippen LogP contribution in [-0.2, 0) is 11.2 Å². The molecule has 4 nitrogen and oxygen atoms in total. The molecule has 1 aromatic heterocycles. The van der Waals surface area contributed by atoms with E-state index >= 15 is 0 Å². The maximum atomic E-state index is 11.1. The molecule has 1 aliphatic rings. The highest BCUT2D eigenvalue weighted by Crippen LogP contribution is 2.23. The van der Waals surface area contributed by atoms with E-state index in [4.69, 9.17) is 5.11 Å². The van der Waals surface area contributed by atoms with Crippen LogP contribution in [0, 0.1) is 12.8 Å². The lowest BCUT2D eigenvalue weighted by atomic mass is 9.89. The van der Waals surface area contributed by atoms with Gasteiger partial charge < -0.3 is 5.11 Å². The Morgan fingerprint density at radius 3 is 2.84 bits per heavy atom. The van der Waals surface area contributed by atoms with E-state index in [1.807, 2.05) is 32.2 Å². The standard InChI is InChI=1S/C15H18N2O2/c1-10-3-5-13(17-7-10)6-4-12-8-16-9-14(11(12)2)15(18)19/h3,5,7,9,12H,4,6,8H2,1-2H3,(H,18,19). The van der Waals surface area contributed by atoms with Gasteiger partial charge in [-0.1, -0.05) is 11.6 Å². The Morgan fingerprint density at radius 1 is 1.42 bits per heavy atom. The lowest BCUT2D eigenvalue weighted by Crippen LogP contribution is -2.19. The van der Waals surface area contributed by atoms with Gasteiger partial charge in [0.1, 0.15) is 0 Å². The molecule has 1 N–H and O–H groups in total.